The Kier molecular flexibility index (Phi) is 5.97. The summed E-state index contributed by atoms with van der Waals surface area (Å²) >= 11 is 0. The van der Waals surface area contributed by atoms with Crippen molar-refractivity contribution in [2.45, 2.75) is 66.0 Å². The molecule has 1 atom stereocenters. The van der Waals surface area contributed by atoms with Crippen molar-refractivity contribution in [3.63, 3.8) is 0 Å². The van der Waals surface area contributed by atoms with Gasteiger partial charge < -0.3 is 14.2 Å². The van der Waals surface area contributed by atoms with Gasteiger partial charge in [0.05, 0.1) is 5.41 Å². The van der Waals surface area contributed by atoms with E-state index in [4.69, 9.17) is 14.2 Å². The van der Waals surface area contributed by atoms with Crippen molar-refractivity contribution in [3.05, 3.63) is 0 Å². The average Bonchev–Trinajstić information content (AvgIpc) is 2.74. The molecule has 8 heteroatoms. The Hall–Kier alpha value is -2.12. The van der Waals surface area contributed by atoms with Gasteiger partial charge >= 0.3 is 24.0 Å². The third-order valence-electron chi connectivity index (χ3n) is 3.06. The first kappa shape index (κ1) is 19.9. The zero-order chi connectivity index (χ0) is 18.7. The highest BCUT2D eigenvalue weighted by molar-refractivity contribution is 5.89. The number of carbonyl (C=O) groups is 4. The number of hydrogen-bond donors (Lipinski definition) is 0. The largest absolute Gasteiger partial charge is 0.444 e. The summed E-state index contributed by atoms with van der Waals surface area (Å²) < 4.78 is 14.8. The van der Waals surface area contributed by atoms with Gasteiger partial charge in [-0.1, -0.05) is 0 Å². The SMILES string of the molecule is CC(C)(C)OC(=O)N1COC(=O)C1CCC(=O)OC(=O)C(C)(C)C. The smallest absolute Gasteiger partial charge is 0.413 e. The molecule has 8 nitrogen and oxygen atoms in total. The Bertz CT molecular complexity index is 528. The molecule has 0 saturated carbocycles. The number of carbonyl (C=O) groups excluding carboxylic acids is 4. The van der Waals surface area contributed by atoms with Crippen molar-refractivity contribution in [1.29, 1.82) is 0 Å². The van der Waals surface area contributed by atoms with Gasteiger partial charge in [-0.2, -0.15) is 0 Å². The summed E-state index contributed by atoms with van der Waals surface area (Å²) in [7, 11) is 0. The van der Waals surface area contributed by atoms with E-state index in [1.807, 2.05) is 0 Å². The summed E-state index contributed by atoms with van der Waals surface area (Å²) in [5.74, 6) is -2.01. The van der Waals surface area contributed by atoms with Crippen molar-refractivity contribution in [2.75, 3.05) is 6.73 Å². The summed E-state index contributed by atoms with van der Waals surface area (Å²) in [6.45, 7) is 9.76. The van der Waals surface area contributed by atoms with E-state index in [9.17, 15) is 19.2 Å². The molecule has 136 valence electrons. The van der Waals surface area contributed by atoms with Gasteiger partial charge in [0.25, 0.3) is 0 Å². The van der Waals surface area contributed by atoms with E-state index in [0.29, 0.717) is 0 Å². The predicted octanol–water partition coefficient (Wildman–Crippen LogP) is 2.00. The number of ether oxygens (including phenoxy) is 3. The molecule has 1 rings (SSSR count). The minimum Gasteiger partial charge on any atom is -0.444 e. The van der Waals surface area contributed by atoms with E-state index in [2.05, 4.69) is 0 Å². The molecule has 0 radical (unpaired) electrons. The van der Waals surface area contributed by atoms with Crippen LogP contribution in [0, 0.1) is 5.41 Å². The van der Waals surface area contributed by atoms with Crippen molar-refractivity contribution in [2.24, 2.45) is 5.41 Å². The van der Waals surface area contributed by atoms with E-state index in [-0.39, 0.29) is 19.6 Å². The van der Waals surface area contributed by atoms with Crippen LogP contribution in [0.15, 0.2) is 0 Å². The van der Waals surface area contributed by atoms with Gasteiger partial charge in [0.2, 0.25) is 0 Å². The van der Waals surface area contributed by atoms with Gasteiger partial charge in [0, 0.05) is 6.42 Å². The third kappa shape index (κ3) is 5.82. The lowest BCUT2D eigenvalue weighted by Gasteiger charge is -2.25. The molecular weight excluding hydrogens is 318 g/mol. The monoisotopic (exact) mass is 343 g/mol. The molecule has 0 aromatic rings. The summed E-state index contributed by atoms with van der Waals surface area (Å²) in [5.41, 5.74) is -1.52. The van der Waals surface area contributed by atoms with Crippen molar-refractivity contribution >= 4 is 24.0 Å². The van der Waals surface area contributed by atoms with Crippen LogP contribution in [0.2, 0.25) is 0 Å². The molecule has 1 aliphatic heterocycles. The fourth-order valence-corrected chi connectivity index (χ4v) is 1.78. The van der Waals surface area contributed by atoms with Crippen molar-refractivity contribution in [1.82, 2.24) is 4.90 Å². The highest BCUT2D eigenvalue weighted by Crippen LogP contribution is 2.21. The highest BCUT2D eigenvalue weighted by atomic mass is 16.6. The van der Waals surface area contributed by atoms with Crippen LogP contribution in [0.4, 0.5) is 4.79 Å². The molecule has 0 spiro atoms. The fraction of sp³-hybridized carbons (Fsp3) is 0.750. The lowest BCUT2D eigenvalue weighted by molar-refractivity contribution is -0.165. The Labute approximate surface area is 141 Å². The van der Waals surface area contributed by atoms with Crippen LogP contribution in [0.3, 0.4) is 0 Å². The normalized spacial score (nSPS) is 18.2. The van der Waals surface area contributed by atoms with Crippen LogP contribution in [0.1, 0.15) is 54.4 Å². The van der Waals surface area contributed by atoms with Crippen molar-refractivity contribution in [3.8, 4) is 0 Å². The second-order valence-electron chi connectivity index (χ2n) is 7.61. The zero-order valence-electron chi connectivity index (χ0n) is 15.0. The Balaban J connectivity index is 2.61. The van der Waals surface area contributed by atoms with Crippen LogP contribution >= 0.6 is 0 Å². The average molecular weight is 343 g/mol. The molecular formula is C16H25NO7. The Morgan fingerprint density at radius 3 is 2.25 bits per heavy atom. The molecule has 0 aromatic carbocycles. The number of esters is 3. The zero-order valence-corrected chi connectivity index (χ0v) is 15.0. The highest BCUT2D eigenvalue weighted by Gasteiger charge is 2.40. The van der Waals surface area contributed by atoms with Crippen molar-refractivity contribution < 1.29 is 33.4 Å². The Morgan fingerprint density at radius 2 is 1.75 bits per heavy atom. The number of rotatable bonds is 3. The second kappa shape index (κ2) is 7.19. The maximum absolute atomic E-state index is 12.1. The molecule has 0 bridgehead atoms. The van der Waals surface area contributed by atoms with Crippen LogP contribution in [-0.4, -0.2) is 47.3 Å². The lowest BCUT2D eigenvalue weighted by atomic mass is 9.97. The van der Waals surface area contributed by atoms with Gasteiger partial charge in [0.1, 0.15) is 11.6 Å². The number of hydrogen-bond acceptors (Lipinski definition) is 7. The molecule has 1 aliphatic rings. The molecule has 1 fully saturated rings. The van der Waals surface area contributed by atoms with E-state index in [0.717, 1.165) is 4.90 Å². The van der Waals surface area contributed by atoms with Crippen LogP contribution in [0.5, 0.6) is 0 Å². The topological polar surface area (TPSA) is 99.2 Å². The first-order chi connectivity index (χ1) is 10.8. The van der Waals surface area contributed by atoms with Gasteiger partial charge in [-0.15, -0.1) is 0 Å². The summed E-state index contributed by atoms with van der Waals surface area (Å²) in [4.78, 5) is 48.3. The van der Waals surface area contributed by atoms with E-state index in [1.54, 1.807) is 41.5 Å². The molecule has 1 saturated heterocycles. The molecule has 1 amide bonds. The van der Waals surface area contributed by atoms with Gasteiger partial charge in [0.15, 0.2) is 6.73 Å². The van der Waals surface area contributed by atoms with Crippen LogP contribution in [-0.2, 0) is 28.6 Å². The first-order valence-electron chi connectivity index (χ1n) is 7.72. The number of cyclic esters (lactones) is 1. The molecule has 1 unspecified atom stereocenters. The maximum atomic E-state index is 12.1. The molecule has 0 N–H and O–H groups in total. The second-order valence-corrected chi connectivity index (χ2v) is 7.61. The summed E-state index contributed by atoms with van der Waals surface area (Å²) in [5, 5.41) is 0. The van der Waals surface area contributed by atoms with Gasteiger partial charge in [-0.3, -0.25) is 14.5 Å². The minimum atomic E-state index is -0.933. The first-order valence-corrected chi connectivity index (χ1v) is 7.72. The quantitative estimate of drug-likeness (QED) is 0.439. The minimum absolute atomic E-state index is 0.00562. The lowest BCUT2D eigenvalue weighted by Crippen LogP contribution is -2.42. The third-order valence-corrected chi connectivity index (χ3v) is 3.06. The van der Waals surface area contributed by atoms with Crippen LogP contribution < -0.4 is 0 Å². The molecule has 1 heterocycles. The molecule has 24 heavy (non-hydrogen) atoms. The number of amides is 1. The number of nitrogens with zero attached hydrogens (tertiary/aromatic N) is 1. The van der Waals surface area contributed by atoms with E-state index < -0.39 is 41.1 Å². The maximum Gasteiger partial charge on any atom is 0.413 e. The van der Waals surface area contributed by atoms with E-state index >= 15 is 0 Å². The van der Waals surface area contributed by atoms with Crippen LogP contribution in [0.25, 0.3) is 0 Å². The fourth-order valence-electron chi connectivity index (χ4n) is 1.78. The predicted molar refractivity (Wildman–Crippen MR) is 82.6 cm³/mol. The summed E-state index contributed by atoms with van der Waals surface area (Å²) in [6.07, 6.45) is -0.896. The summed E-state index contributed by atoms with van der Waals surface area (Å²) in [6, 6.07) is -0.933. The van der Waals surface area contributed by atoms with Gasteiger partial charge in [-0.05, 0) is 48.0 Å². The van der Waals surface area contributed by atoms with Gasteiger partial charge in [-0.25, -0.2) is 9.59 Å². The Morgan fingerprint density at radius 1 is 1.17 bits per heavy atom. The molecule has 0 aromatic heterocycles. The van der Waals surface area contributed by atoms with E-state index in [1.165, 1.54) is 0 Å². The molecule has 0 aliphatic carbocycles. The standard InChI is InChI=1S/C16H25NO7/c1-15(2,3)13(20)23-11(18)8-7-10-12(19)22-9-17(10)14(21)24-16(4,5)6/h10H,7-9H2,1-6H3.